The predicted molar refractivity (Wildman–Crippen MR) is 102 cm³/mol. The standard InChI is InChI=1S/C22H16F5N3/c1-30-9-8-17(18-11-15(23)3-5-19(18)24)16-4-2-13(10-14(16)12-30)20-6-7-21(29-28-20)22(25,26)27/h2-8,10-11H,9,12H2,1H3. The first-order chi connectivity index (χ1) is 14.2. The Morgan fingerprint density at radius 2 is 1.70 bits per heavy atom. The number of hydrogen-bond donors (Lipinski definition) is 0. The van der Waals surface area contributed by atoms with E-state index in [9.17, 15) is 22.0 Å². The van der Waals surface area contributed by atoms with E-state index in [-0.39, 0.29) is 5.56 Å². The van der Waals surface area contributed by atoms with Crippen LogP contribution in [0.25, 0.3) is 16.8 Å². The van der Waals surface area contributed by atoms with Gasteiger partial charge in [0.2, 0.25) is 0 Å². The molecule has 0 N–H and O–H groups in total. The highest BCUT2D eigenvalue weighted by atomic mass is 19.4. The third-order valence-electron chi connectivity index (χ3n) is 4.91. The highest BCUT2D eigenvalue weighted by Crippen LogP contribution is 2.34. The van der Waals surface area contributed by atoms with Gasteiger partial charge in [0.25, 0.3) is 0 Å². The lowest BCUT2D eigenvalue weighted by molar-refractivity contribution is -0.141. The van der Waals surface area contributed by atoms with E-state index in [0.29, 0.717) is 29.9 Å². The molecular formula is C22H16F5N3. The van der Waals surface area contributed by atoms with Gasteiger partial charge in [-0.2, -0.15) is 13.2 Å². The van der Waals surface area contributed by atoms with Crippen LogP contribution in [0.15, 0.2) is 54.6 Å². The van der Waals surface area contributed by atoms with E-state index in [0.717, 1.165) is 35.4 Å². The first kappa shape index (κ1) is 20.2. The van der Waals surface area contributed by atoms with Crippen LogP contribution >= 0.6 is 0 Å². The van der Waals surface area contributed by atoms with Gasteiger partial charge in [-0.3, -0.25) is 4.90 Å². The molecular weight excluding hydrogens is 401 g/mol. The number of benzene rings is 2. The van der Waals surface area contributed by atoms with E-state index in [1.807, 2.05) is 18.0 Å². The Hall–Kier alpha value is -3.13. The molecule has 8 heteroatoms. The molecule has 1 aliphatic heterocycles. The molecule has 0 aliphatic carbocycles. The van der Waals surface area contributed by atoms with Crippen molar-refractivity contribution in [1.82, 2.24) is 15.1 Å². The SMILES string of the molecule is CN1CC=C(c2cc(F)ccc2F)c2ccc(-c3ccc(C(F)(F)F)nn3)cc2C1. The summed E-state index contributed by atoms with van der Waals surface area (Å²) in [5.74, 6) is -1.07. The minimum Gasteiger partial charge on any atom is -0.298 e. The molecule has 2 aromatic carbocycles. The fraction of sp³-hybridized carbons (Fsp3) is 0.182. The molecule has 0 saturated heterocycles. The third kappa shape index (κ3) is 3.95. The van der Waals surface area contributed by atoms with Crippen molar-refractivity contribution in [3.63, 3.8) is 0 Å². The predicted octanol–water partition coefficient (Wildman–Crippen LogP) is 5.32. The summed E-state index contributed by atoms with van der Waals surface area (Å²) in [6, 6.07) is 10.7. The van der Waals surface area contributed by atoms with Crippen molar-refractivity contribution >= 4 is 5.57 Å². The second kappa shape index (κ2) is 7.60. The van der Waals surface area contributed by atoms with E-state index in [1.165, 1.54) is 6.07 Å². The number of rotatable bonds is 2. The van der Waals surface area contributed by atoms with Crippen molar-refractivity contribution in [2.45, 2.75) is 12.7 Å². The largest absolute Gasteiger partial charge is 0.435 e. The second-order valence-electron chi connectivity index (χ2n) is 7.11. The van der Waals surface area contributed by atoms with Gasteiger partial charge in [0.15, 0.2) is 5.69 Å². The zero-order valence-electron chi connectivity index (χ0n) is 15.8. The minimum absolute atomic E-state index is 0.161. The van der Waals surface area contributed by atoms with Crippen molar-refractivity contribution in [2.75, 3.05) is 13.6 Å². The van der Waals surface area contributed by atoms with Gasteiger partial charge in [0.05, 0.1) is 5.69 Å². The molecule has 4 rings (SSSR count). The molecule has 154 valence electrons. The van der Waals surface area contributed by atoms with E-state index in [2.05, 4.69) is 10.2 Å². The Labute approximate surface area is 169 Å². The third-order valence-corrected chi connectivity index (χ3v) is 4.91. The van der Waals surface area contributed by atoms with Crippen molar-refractivity contribution in [1.29, 1.82) is 0 Å². The molecule has 0 radical (unpaired) electrons. The number of hydrogen-bond acceptors (Lipinski definition) is 3. The molecule has 0 bridgehead atoms. The fourth-order valence-electron chi connectivity index (χ4n) is 3.46. The molecule has 2 heterocycles. The monoisotopic (exact) mass is 417 g/mol. The van der Waals surface area contributed by atoms with Crippen LogP contribution in [0.4, 0.5) is 22.0 Å². The highest BCUT2D eigenvalue weighted by Gasteiger charge is 2.33. The number of alkyl halides is 3. The smallest absolute Gasteiger partial charge is 0.298 e. The fourth-order valence-corrected chi connectivity index (χ4v) is 3.46. The lowest BCUT2D eigenvalue weighted by Crippen LogP contribution is -2.16. The molecule has 3 nitrogen and oxygen atoms in total. The average Bonchev–Trinajstić information content (AvgIpc) is 2.87. The van der Waals surface area contributed by atoms with Gasteiger partial charge in [-0.25, -0.2) is 8.78 Å². The molecule has 3 aromatic rings. The van der Waals surface area contributed by atoms with Crippen LogP contribution in [0.5, 0.6) is 0 Å². The van der Waals surface area contributed by atoms with Crippen LogP contribution in [0.2, 0.25) is 0 Å². The number of likely N-dealkylation sites (N-methyl/N-ethyl adjacent to an activating group) is 1. The summed E-state index contributed by atoms with van der Waals surface area (Å²) in [6.45, 7) is 1.05. The lowest BCUT2D eigenvalue weighted by atomic mass is 9.92. The second-order valence-corrected chi connectivity index (χ2v) is 7.11. The van der Waals surface area contributed by atoms with Gasteiger partial charge >= 0.3 is 6.18 Å². The average molecular weight is 417 g/mol. The van der Waals surface area contributed by atoms with Crippen LogP contribution in [-0.4, -0.2) is 28.7 Å². The summed E-state index contributed by atoms with van der Waals surface area (Å²) in [7, 11) is 1.88. The van der Waals surface area contributed by atoms with E-state index >= 15 is 0 Å². The number of halogens is 5. The van der Waals surface area contributed by atoms with Crippen LogP contribution in [0.1, 0.15) is 22.4 Å². The van der Waals surface area contributed by atoms with Crippen LogP contribution in [0.3, 0.4) is 0 Å². The zero-order chi connectivity index (χ0) is 21.5. The minimum atomic E-state index is -4.56. The molecule has 0 unspecified atom stereocenters. The lowest BCUT2D eigenvalue weighted by Gasteiger charge is -2.16. The molecule has 30 heavy (non-hydrogen) atoms. The van der Waals surface area contributed by atoms with Crippen LogP contribution in [-0.2, 0) is 12.7 Å². The Kier molecular flexibility index (Phi) is 5.11. The number of aromatic nitrogens is 2. The summed E-state index contributed by atoms with van der Waals surface area (Å²) in [4.78, 5) is 1.99. The van der Waals surface area contributed by atoms with Crippen LogP contribution < -0.4 is 0 Å². The van der Waals surface area contributed by atoms with Crippen LogP contribution in [0, 0.1) is 11.6 Å². The first-order valence-electron chi connectivity index (χ1n) is 9.11. The Morgan fingerprint density at radius 1 is 0.900 bits per heavy atom. The van der Waals surface area contributed by atoms with E-state index in [1.54, 1.807) is 18.2 Å². The summed E-state index contributed by atoms with van der Waals surface area (Å²) >= 11 is 0. The van der Waals surface area contributed by atoms with Crippen molar-refractivity contribution in [3.05, 3.63) is 88.6 Å². The highest BCUT2D eigenvalue weighted by molar-refractivity contribution is 5.83. The zero-order valence-corrected chi connectivity index (χ0v) is 15.8. The topological polar surface area (TPSA) is 29.0 Å². The molecule has 0 atom stereocenters. The number of fused-ring (bicyclic) bond motifs is 1. The van der Waals surface area contributed by atoms with E-state index < -0.39 is 23.5 Å². The molecule has 0 amide bonds. The Morgan fingerprint density at radius 3 is 2.40 bits per heavy atom. The van der Waals surface area contributed by atoms with Gasteiger partial charge in [0.1, 0.15) is 11.6 Å². The maximum atomic E-state index is 14.4. The summed E-state index contributed by atoms with van der Waals surface area (Å²) in [5.41, 5.74) is 2.10. The van der Waals surface area contributed by atoms with Gasteiger partial charge < -0.3 is 0 Å². The Bertz CT molecular complexity index is 1120. The first-order valence-corrected chi connectivity index (χ1v) is 9.11. The summed E-state index contributed by atoms with van der Waals surface area (Å²) in [6.07, 6.45) is -2.72. The van der Waals surface area contributed by atoms with Crippen molar-refractivity contribution in [3.8, 4) is 11.3 Å². The van der Waals surface area contributed by atoms with Gasteiger partial charge in [0, 0.05) is 24.2 Å². The molecule has 0 spiro atoms. The molecule has 0 saturated carbocycles. The van der Waals surface area contributed by atoms with Gasteiger partial charge in [-0.15, -0.1) is 10.2 Å². The Balaban J connectivity index is 1.78. The van der Waals surface area contributed by atoms with Crippen molar-refractivity contribution < 1.29 is 22.0 Å². The van der Waals surface area contributed by atoms with Gasteiger partial charge in [-0.05, 0) is 60.1 Å². The molecule has 1 aromatic heterocycles. The number of nitrogens with zero attached hydrogens (tertiary/aromatic N) is 3. The maximum Gasteiger partial charge on any atom is 0.435 e. The molecule has 0 fully saturated rings. The summed E-state index contributed by atoms with van der Waals surface area (Å²) in [5, 5.41) is 6.97. The van der Waals surface area contributed by atoms with Crippen molar-refractivity contribution in [2.24, 2.45) is 0 Å². The quantitative estimate of drug-likeness (QED) is 0.529. The maximum absolute atomic E-state index is 14.4. The van der Waals surface area contributed by atoms with Gasteiger partial charge in [-0.1, -0.05) is 18.2 Å². The van der Waals surface area contributed by atoms with E-state index in [4.69, 9.17) is 0 Å². The summed E-state index contributed by atoms with van der Waals surface area (Å²) < 4.78 is 66.4. The molecule has 1 aliphatic rings. The normalized spacial score (nSPS) is 14.8.